The third kappa shape index (κ3) is 2.69. The first-order valence-electron chi connectivity index (χ1n) is 8.33. The van der Waals surface area contributed by atoms with Crippen LogP contribution in [0.25, 0.3) is 16.9 Å². The number of esters is 1. The second-order valence-corrected chi connectivity index (χ2v) is 6.03. The SMILES string of the molecule is C=CCn1c2c(=O)n(C)c(=O)n(C)c2n2c(C(=O)OCCC)cc(=O)nc12. The molecule has 0 fully saturated rings. The predicted molar refractivity (Wildman–Crippen MR) is 98.2 cm³/mol. The largest absolute Gasteiger partial charge is 0.461 e. The molecule has 3 heterocycles. The molecular formula is C17H19N5O5. The van der Waals surface area contributed by atoms with E-state index in [0.29, 0.717) is 6.42 Å². The summed E-state index contributed by atoms with van der Waals surface area (Å²) < 4.78 is 10.1. The highest BCUT2D eigenvalue weighted by Gasteiger charge is 2.24. The molecule has 142 valence electrons. The lowest BCUT2D eigenvalue weighted by Crippen LogP contribution is -2.37. The first-order chi connectivity index (χ1) is 12.8. The molecule has 0 aliphatic heterocycles. The number of carbonyl (C=O) groups excluding carboxylic acids is 1. The van der Waals surface area contributed by atoms with Gasteiger partial charge in [0.1, 0.15) is 5.69 Å². The van der Waals surface area contributed by atoms with Gasteiger partial charge in [0.15, 0.2) is 11.2 Å². The number of ether oxygens (including phenoxy) is 1. The fraction of sp³-hybridized carbons (Fsp3) is 0.353. The third-order valence-corrected chi connectivity index (χ3v) is 4.20. The van der Waals surface area contributed by atoms with E-state index in [0.717, 1.165) is 10.6 Å². The lowest BCUT2D eigenvalue weighted by molar-refractivity contribution is 0.0496. The van der Waals surface area contributed by atoms with Gasteiger partial charge in [-0.3, -0.25) is 27.7 Å². The maximum atomic E-state index is 12.8. The van der Waals surface area contributed by atoms with Crippen LogP contribution in [0.4, 0.5) is 0 Å². The van der Waals surface area contributed by atoms with Gasteiger partial charge in [0, 0.05) is 26.7 Å². The molecule has 0 bridgehead atoms. The minimum atomic E-state index is -0.739. The fourth-order valence-corrected chi connectivity index (χ4v) is 2.99. The van der Waals surface area contributed by atoms with E-state index in [9.17, 15) is 19.2 Å². The average Bonchev–Trinajstić information content (AvgIpc) is 2.96. The van der Waals surface area contributed by atoms with Crippen molar-refractivity contribution < 1.29 is 9.53 Å². The lowest BCUT2D eigenvalue weighted by Gasteiger charge is -2.08. The van der Waals surface area contributed by atoms with Gasteiger partial charge in [-0.2, -0.15) is 4.98 Å². The van der Waals surface area contributed by atoms with Crippen molar-refractivity contribution in [3.05, 3.63) is 55.6 Å². The van der Waals surface area contributed by atoms with Crippen LogP contribution in [-0.4, -0.2) is 35.7 Å². The Bertz CT molecular complexity index is 1260. The summed E-state index contributed by atoms with van der Waals surface area (Å²) >= 11 is 0. The zero-order valence-electron chi connectivity index (χ0n) is 15.3. The van der Waals surface area contributed by atoms with Crippen molar-refractivity contribution in [3.63, 3.8) is 0 Å². The minimum absolute atomic E-state index is 0.0548. The molecule has 10 nitrogen and oxygen atoms in total. The maximum Gasteiger partial charge on any atom is 0.355 e. The van der Waals surface area contributed by atoms with Gasteiger partial charge in [0.2, 0.25) is 5.78 Å². The Labute approximate surface area is 152 Å². The van der Waals surface area contributed by atoms with Crippen molar-refractivity contribution in [1.82, 2.24) is 23.1 Å². The van der Waals surface area contributed by atoms with Gasteiger partial charge in [0.25, 0.3) is 11.1 Å². The number of imidazole rings is 1. The minimum Gasteiger partial charge on any atom is -0.461 e. The van der Waals surface area contributed by atoms with Gasteiger partial charge in [-0.1, -0.05) is 13.0 Å². The lowest BCUT2D eigenvalue weighted by atomic mass is 10.4. The zero-order valence-corrected chi connectivity index (χ0v) is 15.3. The number of aryl methyl sites for hydroxylation is 1. The van der Waals surface area contributed by atoms with Gasteiger partial charge < -0.3 is 4.74 Å². The Balaban J connectivity index is 2.61. The Morgan fingerprint density at radius 2 is 1.96 bits per heavy atom. The molecule has 0 saturated heterocycles. The normalized spacial score (nSPS) is 11.2. The van der Waals surface area contributed by atoms with Crippen LogP contribution in [0.15, 0.2) is 33.1 Å². The quantitative estimate of drug-likeness (QED) is 0.452. The first-order valence-corrected chi connectivity index (χ1v) is 8.33. The highest BCUT2D eigenvalue weighted by Crippen LogP contribution is 2.17. The highest BCUT2D eigenvalue weighted by molar-refractivity contribution is 5.91. The molecule has 3 rings (SSSR count). The van der Waals surface area contributed by atoms with Crippen molar-refractivity contribution in [2.45, 2.75) is 19.9 Å². The molecule has 0 aliphatic rings. The Morgan fingerprint density at radius 1 is 1.26 bits per heavy atom. The molecule has 3 aromatic heterocycles. The molecule has 0 unspecified atom stereocenters. The molecular weight excluding hydrogens is 354 g/mol. The zero-order chi connectivity index (χ0) is 19.9. The maximum absolute atomic E-state index is 12.8. The summed E-state index contributed by atoms with van der Waals surface area (Å²) in [5.74, 6) is -0.684. The number of carbonyl (C=O) groups is 1. The van der Waals surface area contributed by atoms with E-state index in [1.54, 1.807) is 0 Å². The molecule has 3 aromatic rings. The van der Waals surface area contributed by atoms with Gasteiger partial charge >= 0.3 is 11.7 Å². The first kappa shape index (κ1) is 18.4. The predicted octanol–water partition coefficient (Wildman–Crippen LogP) is -0.201. The number of allylic oxidation sites excluding steroid dienone is 1. The molecule has 0 atom stereocenters. The second kappa shape index (κ2) is 6.71. The van der Waals surface area contributed by atoms with E-state index in [1.165, 1.54) is 33.7 Å². The van der Waals surface area contributed by atoms with Crippen LogP contribution >= 0.6 is 0 Å². The van der Waals surface area contributed by atoms with Gasteiger partial charge in [-0.25, -0.2) is 9.59 Å². The van der Waals surface area contributed by atoms with E-state index >= 15 is 0 Å². The molecule has 0 radical (unpaired) electrons. The van der Waals surface area contributed by atoms with Crippen LogP contribution in [0.3, 0.4) is 0 Å². The van der Waals surface area contributed by atoms with Crippen LogP contribution in [-0.2, 0) is 25.4 Å². The second-order valence-electron chi connectivity index (χ2n) is 6.03. The van der Waals surface area contributed by atoms with Crippen LogP contribution < -0.4 is 16.8 Å². The number of rotatable bonds is 5. The molecule has 0 aromatic carbocycles. The van der Waals surface area contributed by atoms with E-state index in [2.05, 4.69) is 11.6 Å². The van der Waals surface area contributed by atoms with E-state index in [4.69, 9.17) is 4.74 Å². The highest BCUT2D eigenvalue weighted by atomic mass is 16.5. The summed E-state index contributed by atoms with van der Waals surface area (Å²) in [6, 6.07) is 1.03. The summed E-state index contributed by atoms with van der Waals surface area (Å²) in [4.78, 5) is 53.7. The number of aromatic nitrogens is 5. The molecule has 0 spiro atoms. The van der Waals surface area contributed by atoms with E-state index in [-0.39, 0.29) is 35.8 Å². The van der Waals surface area contributed by atoms with Crippen molar-refractivity contribution in [3.8, 4) is 0 Å². The molecule has 0 saturated carbocycles. The summed E-state index contributed by atoms with van der Waals surface area (Å²) in [6.07, 6.45) is 2.13. The summed E-state index contributed by atoms with van der Waals surface area (Å²) in [5, 5.41) is 0. The van der Waals surface area contributed by atoms with Gasteiger partial charge in [0.05, 0.1) is 6.61 Å². The third-order valence-electron chi connectivity index (χ3n) is 4.20. The monoisotopic (exact) mass is 373 g/mol. The van der Waals surface area contributed by atoms with E-state index < -0.39 is 22.8 Å². The van der Waals surface area contributed by atoms with Gasteiger partial charge in [-0.15, -0.1) is 6.58 Å². The van der Waals surface area contributed by atoms with Crippen molar-refractivity contribution in [2.24, 2.45) is 14.1 Å². The van der Waals surface area contributed by atoms with Crippen LogP contribution in [0.1, 0.15) is 23.8 Å². The topological polar surface area (TPSA) is 110 Å². The van der Waals surface area contributed by atoms with Crippen LogP contribution in [0.2, 0.25) is 0 Å². The van der Waals surface area contributed by atoms with Crippen molar-refractivity contribution in [2.75, 3.05) is 6.61 Å². The molecule has 0 amide bonds. The Hall–Kier alpha value is -3.43. The van der Waals surface area contributed by atoms with Crippen LogP contribution in [0, 0.1) is 0 Å². The molecule has 0 aliphatic carbocycles. The molecule has 27 heavy (non-hydrogen) atoms. The van der Waals surface area contributed by atoms with Crippen LogP contribution in [0.5, 0.6) is 0 Å². The van der Waals surface area contributed by atoms with Crippen molar-refractivity contribution in [1.29, 1.82) is 0 Å². The molecule has 0 N–H and O–H groups in total. The number of hydrogen-bond acceptors (Lipinski definition) is 6. The summed E-state index contributed by atoms with van der Waals surface area (Å²) in [5.41, 5.74) is -1.63. The average molecular weight is 373 g/mol. The Morgan fingerprint density at radius 3 is 2.59 bits per heavy atom. The summed E-state index contributed by atoms with van der Waals surface area (Å²) in [6.45, 7) is 5.82. The summed E-state index contributed by atoms with van der Waals surface area (Å²) in [7, 11) is 2.83. The smallest absolute Gasteiger partial charge is 0.355 e. The number of fused-ring (bicyclic) bond motifs is 3. The number of hydrogen-bond donors (Lipinski definition) is 0. The van der Waals surface area contributed by atoms with Crippen molar-refractivity contribution >= 4 is 22.9 Å². The fourth-order valence-electron chi connectivity index (χ4n) is 2.99. The van der Waals surface area contributed by atoms with E-state index in [1.807, 2.05) is 6.92 Å². The standard InChI is InChI=1S/C17H19N5O5/c1-5-7-21-12-13(19(3)17(26)20(4)14(12)24)22-10(15(25)27-8-6-2)9-11(23)18-16(21)22/h5,9H,1,6-8H2,2-4H3. The Kier molecular flexibility index (Phi) is 4.56. The molecule has 10 heteroatoms. The van der Waals surface area contributed by atoms with Gasteiger partial charge in [-0.05, 0) is 6.42 Å². The number of nitrogens with zero attached hydrogens (tertiary/aromatic N) is 5.